The van der Waals surface area contributed by atoms with E-state index in [4.69, 9.17) is 4.42 Å². The molecule has 0 radical (unpaired) electrons. The third-order valence-electron chi connectivity index (χ3n) is 2.77. The highest BCUT2D eigenvalue weighted by molar-refractivity contribution is 5.95. The van der Waals surface area contributed by atoms with Gasteiger partial charge in [-0.1, -0.05) is 0 Å². The number of carbonyl (C=O) groups is 1. The van der Waals surface area contributed by atoms with E-state index in [1.54, 1.807) is 26.0 Å². The number of rotatable bonds is 4. The van der Waals surface area contributed by atoms with Gasteiger partial charge in [0, 0.05) is 17.2 Å². The lowest BCUT2D eigenvalue weighted by Gasteiger charge is -2.01. The first-order valence-electron chi connectivity index (χ1n) is 6.12. The van der Waals surface area contributed by atoms with E-state index < -0.39 is 10.8 Å². The second-order valence-corrected chi connectivity index (χ2v) is 4.41. The fourth-order valence-electron chi connectivity index (χ4n) is 1.74. The number of nitrogens with zero attached hydrogens (tertiary/aromatic N) is 2. The van der Waals surface area contributed by atoms with Crippen molar-refractivity contribution >= 4 is 17.8 Å². The van der Waals surface area contributed by atoms with Crippen LogP contribution in [0.4, 0.5) is 5.69 Å². The van der Waals surface area contributed by atoms with Gasteiger partial charge < -0.3 is 4.42 Å². The maximum atomic E-state index is 11.8. The summed E-state index contributed by atoms with van der Waals surface area (Å²) >= 11 is 0. The summed E-state index contributed by atoms with van der Waals surface area (Å²) in [6.07, 6.45) is 1.38. The number of nitro benzene ring substituents is 1. The van der Waals surface area contributed by atoms with Crippen molar-refractivity contribution in [2.24, 2.45) is 5.10 Å². The van der Waals surface area contributed by atoms with Crippen LogP contribution in [0.3, 0.4) is 0 Å². The summed E-state index contributed by atoms with van der Waals surface area (Å²) in [7, 11) is 0. The average molecular weight is 287 g/mol. The van der Waals surface area contributed by atoms with E-state index >= 15 is 0 Å². The molecule has 1 aromatic carbocycles. The highest BCUT2D eigenvalue weighted by atomic mass is 16.6. The normalized spacial score (nSPS) is 10.8. The minimum absolute atomic E-state index is 0.0267. The first-order valence-corrected chi connectivity index (χ1v) is 6.12. The molecular weight excluding hydrogens is 274 g/mol. The number of aryl methyl sites for hydroxylation is 2. The molecule has 0 saturated carbocycles. The van der Waals surface area contributed by atoms with Crippen LogP contribution in [0.1, 0.15) is 27.4 Å². The molecule has 0 aliphatic carbocycles. The molecule has 0 bridgehead atoms. The van der Waals surface area contributed by atoms with Gasteiger partial charge in [-0.15, -0.1) is 0 Å². The number of hydrazone groups is 1. The Morgan fingerprint density at radius 3 is 2.67 bits per heavy atom. The summed E-state index contributed by atoms with van der Waals surface area (Å²) in [5.41, 5.74) is 3.02. The molecule has 2 aromatic rings. The molecule has 108 valence electrons. The molecule has 1 heterocycles. The van der Waals surface area contributed by atoms with Crippen LogP contribution >= 0.6 is 0 Å². The van der Waals surface area contributed by atoms with Gasteiger partial charge in [0.1, 0.15) is 11.5 Å². The predicted octanol–water partition coefficient (Wildman–Crippen LogP) is 2.57. The Bertz CT molecular complexity index is 719. The van der Waals surface area contributed by atoms with E-state index in [0.29, 0.717) is 16.9 Å². The first kappa shape index (κ1) is 14.4. The van der Waals surface area contributed by atoms with Crippen LogP contribution in [-0.4, -0.2) is 17.0 Å². The highest BCUT2D eigenvalue weighted by Gasteiger charge is 2.13. The Kier molecular flexibility index (Phi) is 4.13. The van der Waals surface area contributed by atoms with Crippen molar-refractivity contribution in [3.05, 3.63) is 63.1 Å². The molecule has 1 amide bonds. The minimum Gasteiger partial charge on any atom is -0.460 e. The highest BCUT2D eigenvalue weighted by Crippen LogP contribution is 2.18. The van der Waals surface area contributed by atoms with E-state index in [1.165, 1.54) is 24.4 Å². The molecule has 0 atom stereocenters. The van der Waals surface area contributed by atoms with E-state index in [2.05, 4.69) is 10.5 Å². The van der Waals surface area contributed by atoms with Crippen molar-refractivity contribution in [2.45, 2.75) is 13.8 Å². The zero-order valence-corrected chi connectivity index (χ0v) is 11.5. The lowest BCUT2D eigenvalue weighted by molar-refractivity contribution is -0.385. The average Bonchev–Trinajstić information content (AvgIpc) is 2.83. The standard InChI is InChI=1S/C14H13N3O4/c1-9-7-11(4-6-13(9)17(19)20)14(18)16-15-8-12-5-3-10(2)21-12/h3-8H,1-2H3,(H,16,18)/b15-8+. The Labute approximate surface area is 120 Å². The van der Waals surface area contributed by atoms with Gasteiger partial charge in [0.15, 0.2) is 0 Å². The van der Waals surface area contributed by atoms with Crippen LogP contribution in [0.2, 0.25) is 0 Å². The van der Waals surface area contributed by atoms with Crippen LogP contribution in [-0.2, 0) is 0 Å². The number of amides is 1. The van der Waals surface area contributed by atoms with Crippen LogP contribution < -0.4 is 5.43 Å². The van der Waals surface area contributed by atoms with Crippen molar-refractivity contribution in [1.29, 1.82) is 0 Å². The Morgan fingerprint density at radius 2 is 2.10 bits per heavy atom. The summed E-state index contributed by atoms with van der Waals surface area (Å²) in [4.78, 5) is 22.1. The fraction of sp³-hybridized carbons (Fsp3) is 0.143. The summed E-state index contributed by atoms with van der Waals surface area (Å²) in [6.45, 7) is 3.37. The number of hydrogen-bond acceptors (Lipinski definition) is 5. The minimum atomic E-state index is -0.492. The van der Waals surface area contributed by atoms with Crippen LogP contribution in [0.25, 0.3) is 0 Å². The number of nitrogens with one attached hydrogen (secondary N) is 1. The Hall–Kier alpha value is -2.96. The Balaban J connectivity index is 2.05. The molecule has 1 N–H and O–H groups in total. The molecular formula is C14H13N3O4. The molecule has 0 saturated heterocycles. The topological polar surface area (TPSA) is 97.7 Å². The lowest BCUT2D eigenvalue weighted by atomic mass is 10.1. The quantitative estimate of drug-likeness (QED) is 0.530. The fourth-order valence-corrected chi connectivity index (χ4v) is 1.74. The number of nitro groups is 1. The monoisotopic (exact) mass is 287 g/mol. The molecule has 0 unspecified atom stereocenters. The molecule has 0 spiro atoms. The molecule has 7 nitrogen and oxygen atoms in total. The first-order chi connectivity index (χ1) is 9.97. The van der Waals surface area contributed by atoms with Gasteiger partial charge in [-0.25, -0.2) is 5.43 Å². The summed E-state index contributed by atoms with van der Waals surface area (Å²) in [5.74, 6) is 0.814. The van der Waals surface area contributed by atoms with Crippen LogP contribution in [0.5, 0.6) is 0 Å². The largest absolute Gasteiger partial charge is 0.460 e. The maximum absolute atomic E-state index is 11.8. The number of furan rings is 1. The summed E-state index contributed by atoms with van der Waals surface area (Å²) in [6, 6.07) is 7.63. The van der Waals surface area contributed by atoms with Gasteiger partial charge in [0.2, 0.25) is 0 Å². The summed E-state index contributed by atoms with van der Waals surface area (Å²) < 4.78 is 5.26. The van der Waals surface area contributed by atoms with Crippen molar-refractivity contribution in [1.82, 2.24) is 5.43 Å². The van der Waals surface area contributed by atoms with Crippen LogP contribution in [0, 0.1) is 24.0 Å². The molecule has 0 fully saturated rings. The van der Waals surface area contributed by atoms with Gasteiger partial charge in [0.05, 0.1) is 11.1 Å². The molecule has 1 aromatic heterocycles. The van der Waals surface area contributed by atoms with E-state index in [-0.39, 0.29) is 5.69 Å². The molecule has 7 heteroatoms. The van der Waals surface area contributed by atoms with Gasteiger partial charge >= 0.3 is 0 Å². The van der Waals surface area contributed by atoms with Crippen molar-refractivity contribution in [3.8, 4) is 0 Å². The molecule has 2 rings (SSSR count). The lowest BCUT2D eigenvalue weighted by Crippen LogP contribution is -2.17. The molecule has 0 aliphatic heterocycles. The third-order valence-corrected chi connectivity index (χ3v) is 2.77. The molecule has 0 aliphatic rings. The summed E-state index contributed by atoms with van der Waals surface area (Å²) in [5, 5.41) is 14.5. The zero-order valence-electron chi connectivity index (χ0n) is 11.5. The Morgan fingerprint density at radius 1 is 1.33 bits per heavy atom. The molecule has 21 heavy (non-hydrogen) atoms. The maximum Gasteiger partial charge on any atom is 0.272 e. The van der Waals surface area contributed by atoms with Gasteiger partial charge in [-0.05, 0) is 38.1 Å². The van der Waals surface area contributed by atoms with Crippen molar-refractivity contribution in [3.63, 3.8) is 0 Å². The van der Waals surface area contributed by atoms with Crippen LogP contribution in [0.15, 0.2) is 39.9 Å². The number of benzene rings is 1. The van der Waals surface area contributed by atoms with E-state index in [0.717, 1.165) is 5.76 Å². The van der Waals surface area contributed by atoms with Crippen molar-refractivity contribution < 1.29 is 14.1 Å². The van der Waals surface area contributed by atoms with Gasteiger partial charge in [0.25, 0.3) is 11.6 Å². The van der Waals surface area contributed by atoms with Gasteiger partial charge in [-0.3, -0.25) is 14.9 Å². The van der Waals surface area contributed by atoms with E-state index in [9.17, 15) is 14.9 Å². The zero-order chi connectivity index (χ0) is 15.4. The van der Waals surface area contributed by atoms with Crippen molar-refractivity contribution in [2.75, 3.05) is 0 Å². The second-order valence-electron chi connectivity index (χ2n) is 4.41. The number of carbonyl (C=O) groups excluding carboxylic acids is 1. The number of hydrogen-bond donors (Lipinski definition) is 1. The second kappa shape index (κ2) is 6.00. The predicted molar refractivity (Wildman–Crippen MR) is 76.3 cm³/mol. The van der Waals surface area contributed by atoms with E-state index in [1.807, 2.05) is 0 Å². The SMILES string of the molecule is Cc1ccc(/C=N/NC(=O)c2ccc([N+](=O)[O-])c(C)c2)o1. The van der Waals surface area contributed by atoms with Gasteiger partial charge in [-0.2, -0.15) is 5.10 Å². The smallest absolute Gasteiger partial charge is 0.272 e. The third kappa shape index (κ3) is 3.53.